The van der Waals surface area contributed by atoms with E-state index in [2.05, 4.69) is 15.9 Å². The maximum absolute atomic E-state index is 12.7. The molecular weight excluding hydrogens is 344 g/mol. The topological polar surface area (TPSA) is 83.6 Å². The molecule has 1 saturated carbocycles. The smallest absolute Gasteiger partial charge is 0.243 e. The molecule has 5 nitrogen and oxygen atoms in total. The molecule has 0 unspecified atom stereocenters. The number of nitrogens with zero attached hydrogens (tertiary/aromatic N) is 1. The largest absolute Gasteiger partial charge is 0.398 e. The quantitative estimate of drug-likeness (QED) is 0.784. The highest BCUT2D eigenvalue weighted by atomic mass is 79.9. The van der Waals surface area contributed by atoms with E-state index in [1.165, 1.54) is 16.4 Å². The van der Waals surface area contributed by atoms with Gasteiger partial charge in [-0.05, 0) is 47.0 Å². The van der Waals surface area contributed by atoms with Crippen molar-refractivity contribution in [3.05, 3.63) is 22.7 Å². The Bertz CT molecular complexity index is 571. The molecule has 2 rings (SSSR count). The molecule has 0 spiro atoms. The first-order valence-electron chi connectivity index (χ1n) is 6.64. The predicted molar refractivity (Wildman–Crippen MR) is 81.8 cm³/mol. The van der Waals surface area contributed by atoms with Crippen molar-refractivity contribution in [2.45, 2.75) is 36.6 Å². The van der Waals surface area contributed by atoms with Gasteiger partial charge in [-0.2, -0.15) is 4.31 Å². The summed E-state index contributed by atoms with van der Waals surface area (Å²) in [5.74, 6) is 0. The van der Waals surface area contributed by atoms with Crippen LogP contribution in [0.5, 0.6) is 0 Å². The molecule has 1 aliphatic carbocycles. The average Bonchev–Trinajstić information content (AvgIpc) is 2.92. The second-order valence-corrected chi connectivity index (χ2v) is 7.71. The maximum atomic E-state index is 12.7. The van der Waals surface area contributed by atoms with Crippen LogP contribution in [0.25, 0.3) is 0 Å². The van der Waals surface area contributed by atoms with Crippen LogP contribution < -0.4 is 5.73 Å². The van der Waals surface area contributed by atoms with Crippen molar-refractivity contribution in [2.24, 2.45) is 0 Å². The van der Waals surface area contributed by atoms with Crippen molar-refractivity contribution in [1.82, 2.24) is 4.31 Å². The molecule has 0 radical (unpaired) electrons. The summed E-state index contributed by atoms with van der Waals surface area (Å²) in [5.41, 5.74) is 6.16. The standard InChI is InChI=1S/C13H19BrN2O3S/c14-12-6-5-11(9-13(12)15)20(18,19)16(7-8-17)10-3-1-2-4-10/h5-6,9-10,17H,1-4,7-8,15H2. The molecule has 0 aromatic heterocycles. The van der Waals surface area contributed by atoms with Crippen LogP contribution in [0.4, 0.5) is 5.69 Å². The molecule has 0 heterocycles. The molecule has 1 aromatic rings. The van der Waals surface area contributed by atoms with E-state index in [0.29, 0.717) is 10.2 Å². The molecule has 1 aliphatic rings. The van der Waals surface area contributed by atoms with Gasteiger partial charge in [-0.3, -0.25) is 0 Å². The number of benzene rings is 1. The minimum absolute atomic E-state index is 0.0166. The van der Waals surface area contributed by atoms with Crippen molar-refractivity contribution in [1.29, 1.82) is 0 Å². The zero-order valence-corrected chi connectivity index (χ0v) is 13.5. The normalized spacial score (nSPS) is 16.9. The van der Waals surface area contributed by atoms with E-state index in [0.717, 1.165) is 25.7 Å². The Morgan fingerprint density at radius 3 is 2.55 bits per heavy atom. The Labute approximate surface area is 128 Å². The third-order valence-corrected chi connectivity index (χ3v) is 6.30. The molecule has 112 valence electrons. The van der Waals surface area contributed by atoms with Gasteiger partial charge in [0.15, 0.2) is 0 Å². The third-order valence-electron chi connectivity index (χ3n) is 3.63. The van der Waals surface area contributed by atoms with Gasteiger partial charge in [0.1, 0.15) is 0 Å². The number of aliphatic hydroxyl groups excluding tert-OH is 1. The van der Waals surface area contributed by atoms with Crippen molar-refractivity contribution in [2.75, 3.05) is 18.9 Å². The van der Waals surface area contributed by atoms with Gasteiger partial charge in [0.2, 0.25) is 10.0 Å². The van der Waals surface area contributed by atoms with Gasteiger partial charge in [0.25, 0.3) is 0 Å². The number of halogens is 1. The van der Waals surface area contributed by atoms with E-state index < -0.39 is 10.0 Å². The number of hydrogen-bond donors (Lipinski definition) is 2. The van der Waals surface area contributed by atoms with Crippen LogP contribution in [0.15, 0.2) is 27.6 Å². The molecule has 0 bridgehead atoms. The van der Waals surface area contributed by atoms with Gasteiger partial charge in [-0.1, -0.05) is 12.8 Å². The van der Waals surface area contributed by atoms with Crippen molar-refractivity contribution < 1.29 is 13.5 Å². The Balaban J connectivity index is 2.36. The zero-order valence-electron chi connectivity index (χ0n) is 11.1. The van der Waals surface area contributed by atoms with Gasteiger partial charge >= 0.3 is 0 Å². The first-order chi connectivity index (χ1) is 9.46. The molecule has 0 saturated heterocycles. The first-order valence-corrected chi connectivity index (χ1v) is 8.88. The van der Waals surface area contributed by atoms with E-state index in [-0.39, 0.29) is 24.1 Å². The van der Waals surface area contributed by atoms with E-state index >= 15 is 0 Å². The lowest BCUT2D eigenvalue weighted by Crippen LogP contribution is -2.40. The fourth-order valence-electron chi connectivity index (χ4n) is 2.61. The zero-order chi connectivity index (χ0) is 14.8. The summed E-state index contributed by atoms with van der Waals surface area (Å²) in [6, 6.07) is 4.61. The maximum Gasteiger partial charge on any atom is 0.243 e. The fraction of sp³-hybridized carbons (Fsp3) is 0.538. The minimum atomic E-state index is -3.61. The minimum Gasteiger partial charge on any atom is -0.398 e. The number of nitrogens with two attached hydrogens (primary N) is 1. The van der Waals surface area contributed by atoms with Crippen LogP contribution in [-0.2, 0) is 10.0 Å². The Hall–Kier alpha value is -0.630. The van der Waals surface area contributed by atoms with Crippen molar-refractivity contribution in [3.63, 3.8) is 0 Å². The number of sulfonamides is 1. The molecule has 0 aliphatic heterocycles. The summed E-state index contributed by atoms with van der Waals surface area (Å²) in [7, 11) is -3.61. The second-order valence-electron chi connectivity index (χ2n) is 4.96. The molecule has 7 heteroatoms. The Morgan fingerprint density at radius 1 is 1.35 bits per heavy atom. The lowest BCUT2D eigenvalue weighted by molar-refractivity contribution is 0.226. The molecule has 0 amide bonds. The van der Waals surface area contributed by atoms with Crippen LogP contribution in [-0.4, -0.2) is 37.0 Å². The number of aliphatic hydroxyl groups is 1. The number of anilines is 1. The molecule has 1 fully saturated rings. The second kappa shape index (κ2) is 6.43. The fourth-order valence-corrected chi connectivity index (χ4v) is 4.57. The number of nitrogen functional groups attached to an aromatic ring is 1. The summed E-state index contributed by atoms with van der Waals surface area (Å²) in [4.78, 5) is 0.179. The van der Waals surface area contributed by atoms with E-state index in [9.17, 15) is 8.42 Å². The summed E-state index contributed by atoms with van der Waals surface area (Å²) < 4.78 is 27.5. The summed E-state index contributed by atoms with van der Waals surface area (Å²) >= 11 is 3.26. The highest BCUT2D eigenvalue weighted by molar-refractivity contribution is 9.10. The van der Waals surface area contributed by atoms with Crippen molar-refractivity contribution >= 4 is 31.6 Å². The van der Waals surface area contributed by atoms with Crippen LogP contribution in [0.1, 0.15) is 25.7 Å². The van der Waals surface area contributed by atoms with Gasteiger partial charge in [0, 0.05) is 22.7 Å². The molecule has 0 atom stereocenters. The number of rotatable bonds is 5. The lowest BCUT2D eigenvalue weighted by atomic mass is 10.2. The van der Waals surface area contributed by atoms with Crippen LogP contribution >= 0.6 is 15.9 Å². The van der Waals surface area contributed by atoms with Crippen molar-refractivity contribution in [3.8, 4) is 0 Å². The van der Waals surface area contributed by atoms with Crippen LogP contribution in [0.3, 0.4) is 0 Å². The Kier molecular flexibility index (Phi) is 5.06. The van der Waals surface area contributed by atoms with Crippen LogP contribution in [0.2, 0.25) is 0 Å². The van der Waals surface area contributed by atoms with Crippen LogP contribution in [0, 0.1) is 0 Å². The monoisotopic (exact) mass is 362 g/mol. The predicted octanol–water partition coefficient (Wildman–Crippen LogP) is 1.96. The summed E-state index contributed by atoms with van der Waals surface area (Å²) in [5, 5.41) is 9.17. The molecular formula is C13H19BrN2O3S. The molecule has 1 aromatic carbocycles. The first kappa shape index (κ1) is 15.8. The highest BCUT2D eigenvalue weighted by Crippen LogP contribution is 2.30. The van der Waals surface area contributed by atoms with Gasteiger partial charge < -0.3 is 10.8 Å². The molecule has 3 N–H and O–H groups in total. The average molecular weight is 363 g/mol. The third kappa shape index (κ3) is 3.16. The van der Waals surface area contributed by atoms with E-state index in [4.69, 9.17) is 10.8 Å². The highest BCUT2D eigenvalue weighted by Gasteiger charge is 2.32. The Morgan fingerprint density at radius 2 is 2.00 bits per heavy atom. The lowest BCUT2D eigenvalue weighted by Gasteiger charge is -2.27. The van der Waals surface area contributed by atoms with E-state index in [1.807, 2.05) is 0 Å². The van der Waals surface area contributed by atoms with E-state index in [1.54, 1.807) is 6.07 Å². The summed E-state index contributed by atoms with van der Waals surface area (Å²) in [6.45, 7) is -0.0509. The summed E-state index contributed by atoms with van der Waals surface area (Å²) in [6.07, 6.45) is 3.77. The van der Waals surface area contributed by atoms with Gasteiger partial charge in [0.05, 0.1) is 11.5 Å². The van der Waals surface area contributed by atoms with Gasteiger partial charge in [-0.15, -0.1) is 0 Å². The number of hydrogen-bond acceptors (Lipinski definition) is 4. The van der Waals surface area contributed by atoms with Gasteiger partial charge in [-0.25, -0.2) is 8.42 Å². The SMILES string of the molecule is Nc1cc(S(=O)(=O)N(CCO)C2CCCC2)ccc1Br. The molecule has 20 heavy (non-hydrogen) atoms.